The number of carbonyl (C=O) groups excluding carboxylic acids is 2. The number of piperazine rings is 1. The molecule has 3 fully saturated rings. The van der Waals surface area contributed by atoms with Gasteiger partial charge < -0.3 is 14.5 Å². The number of hydrogen-bond donors (Lipinski definition) is 0. The third-order valence-corrected chi connectivity index (χ3v) is 8.05. The Hall–Kier alpha value is -1.96. The number of ether oxygens (including phenoxy) is 1. The Bertz CT molecular complexity index is 781. The monoisotopic (exact) mass is 484 g/mol. The number of rotatable bonds is 9. The molecule has 3 aliphatic rings. The van der Waals surface area contributed by atoms with Gasteiger partial charge in [0.1, 0.15) is 0 Å². The van der Waals surface area contributed by atoms with E-state index in [1.165, 1.54) is 18.4 Å². The minimum atomic E-state index is -0.102. The van der Waals surface area contributed by atoms with Crippen LogP contribution in [0.5, 0.6) is 0 Å². The normalized spacial score (nSPS) is 21.8. The van der Waals surface area contributed by atoms with Crippen molar-refractivity contribution >= 4 is 11.9 Å². The maximum atomic E-state index is 13.2. The van der Waals surface area contributed by atoms with Gasteiger partial charge in [-0.1, -0.05) is 30.3 Å². The fraction of sp³-hybridized carbons (Fsp3) is 0.714. The summed E-state index contributed by atoms with van der Waals surface area (Å²) in [5, 5.41) is 0. The van der Waals surface area contributed by atoms with E-state index in [0.717, 1.165) is 84.7 Å². The molecule has 3 aliphatic heterocycles. The van der Waals surface area contributed by atoms with Crippen LogP contribution < -0.4 is 0 Å². The molecule has 0 aliphatic carbocycles. The highest BCUT2D eigenvalue weighted by Crippen LogP contribution is 2.23. The van der Waals surface area contributed by atoms with E-state index >= 15 is 0 Å². The topological polar surface area (TPSA) is 56.3 Å². The summed E-state index contributed by atoms with van der Waals surface area (Å²) in [6, 6.07) is 11.4. The third-order valence-electron chi connectivity index (χ3n) is 8.05. The number of hydrogen-bond acceptors (Lipinski definition) is 6. The molecule has 7 nitrogen and oxygen atoms in total. The first kappa shape index (κ1) is 26.1. The van der Waals surface area contributed by atoms with Gasteiger partial charge in [0.15, 0.2) is 0 Å². The van der Waals surface area contributed by atoms with Crippen molar-refractivity contribution in [2.24, 2.45) is 5.92 Å². The lowest BCUT2D eigenvalue weighted by Crippen LogP contribution is -2.55. The summed E-state index contributed by atoms with van der Waals surface area (Å²) in [5.74, 6) is 0.437. The molecule has 0 atom stereocenters. The van der Waals surface area contributed by atoms with E-state index in [1.54, 1.807) is 0 Å². The number of benzene rings is 1. The zero-order chi connectivity index (χ0) is 24.5. The first-order chi connectivity index (χ1) is 17.1. The van der Waals surface area contributed by atoms with Crippen LogP contribution in [-0.2, 0) is 20.9 Å². The van der Waals surface area contributed by atoms with Crippen LogP contribution in [-0.4, -0.2) is 103 Å². The van der Waals surface area contributed by atoms with Crippen LogP contribution in [0.3, 0.4) is 0 Å². The van der Waals surface area contributed by atoms with Crippen molar-refractivity contribution in [3.63, 3.8) is 0 Å². The van der Waals surface area contributed by atoms with E-state index < -0.39 is 0 Å². The highest BCUT2D eigenvalue weighted by Gasteiger charge is 2.32. The standard InChI is InChI=1S/C28H44N4O3/c1-2-35-27(33)9-6-14-29-15-10-25(11-16-29)28(34)32-21-19-31(20-22-32)26-12-17-30(18-13-26)23-24-7-4-3-5-8-24/h3-5,7-8,25-26H,2,6,9-23H2,1H3. The summed E-state index contributed by atoms with van der Waals surface area (Å²) < 4.78 is 5.01. The van der Waals surface area contributed by atoms with Crippen molar-refractivity contribution in [3.05, 3.63) is 35.9 Å². The molecule has 1 amide bonds. The number of carbonyl (C=O) groups is 2. The molecular weight excluding hydrogens is 440 g/mol. The number of likely N-dealkylation sites (tertiary alicyclic amines) is 2. The van der Waals surface area contributed by atoms with E-state index in [4.69, 9.17) is 4.74 Å². The van der Waals surface area contributed by atoms with Gasteiger partial charge in [-0.05, 0) is 77.3 Å². The first-order valence-corrected chi connectivity index (χ1v) is 13.8. The molecule has 0 saturated carbocycles. The predicted octanol–water partition coefficient (Wildman–Crippen LogP) is 2.85. The van der Waals surface area contributed by atoms with Crippen molar-refractivity contribution in [2.45, 2.75) is 58.0 Å². The second kappa shape index (κ2) is 13.4. The molecule has 0 unspecified atom stereocenters. The SMILES string of the molecule is CCOC(=O)CCCN1CCC(C(=O)N2CCN(C3CCN(Cc4ccccc4)CC3)CC2)CC1. The van der Waals surface area contributed by atoms with E-state index in [-0.39, 0.29) is 11.9 Å². The van der Waals surface area contributed by atoms with Crippen LogP contribution in [0.15, 0.2) is 30.3 Å². The summed E-state index contributed by atoms with van der Waals surface area (Å²) in [5.41, 5.74) is 1.40. The van der Waals surface area contributed by atoms with Crippen LogP contribution in [0, 0.1) is 5.92 Å². The Kier molecular flexibility index (Phi) is 9.98. The van der Waals surface area contributed by atoms with Crippen molar-refractivity contribution in [1.29, 1.82) is 0 Å². The van der Waals surface area contributed by atoms with Crippen LogP contribution in [0.4, 0.5) is 0 Å². The summed E-state index contributed by atoms with van der Waals surface area (Å²) in [6.45, 7) is 12.3. The Morgan fingerprint density at radius 2 is 1.51 bits per heavy atom. The fourth-order valence-corrected chi connectivity index (χ4v) is 5.93. The number of nitrogens with zero attached hydrogens (tertiary/aromatic N) is 4. The van der Waals surface area contributed by atoms with Gasteiger partial charge in [-0.3, -0.25) is 19.4 Å². The lowest BCUT2D eigenvalue weighted by molar-refractivity contribution is -0.143. The maximum Gasteiger partial charge on any atom is 0.305 e. The lowest BCUT2D eigenvalue weighted by atomic mass is 9.94. The van der Waals surface area contributed by atoms with Gasteiger partial charge in [0.2, 0.25) is 5.91 Å². The minimum absolute atomic E-state index is 0.102. The molecule has 0 radical (unpaired) electrons. The molecule has 0 N–H and O–H groups in total. The van der Waals surface area contributed by atoms with Crippen LogP contribution in [0.2, 0.25) is 0 Å². The molecule has 0 spiro atoms. The highest BCUT2D eigenvalue weighted by molar-refractivity contribution is 5.79. The summed E-state index contributed by atoms with van der Waals surface area (Å²) >= 11 is 0. The Balaban J connectivity index is 1.11. The molecule has 194 valence electrons. The van der Waals surface area contributed by atoms with Gasteiger partial charge in [-0.2, -0.15) is 0 Å². The molecule has 7 heteroatoms. The molecule has 4 rings (SSSR count). The second-order valence-electron chi connectivity index (χ2n) is 10.4. The highest BCUT2D eigenvalue weighted by atomic mass is 16.5. The van der Waals surface area contributed by atoms with E-state index in [0.29, 0.717) is 25.0 Å². The van der Waals surface area contributed by atoms with Crippen molar-refractivity contribution < 1.29 is 14.3 Å². The van der Waals surface area contributed by atoms with Gasteiger partial charge in [0.05, 0.1) is 6.61 Å². The molecule has 0 aromatic heterocycles. The maximum absolute atomic E-state index is 13.2. The average molecular weight is 485 g/mol. The predicted molar refractivity (Wildman–Crippen MR) is 138 cm³/mol. The smallest absolute Gasteiger partial charge is 0.305 e. The summed E-state index contributed by atoms with van der Waals surface area (Å²) in [4.78, 5) is 34.4. The quantitative estimate of drug-likeness (QED) is 0.503. The summed E-state index contributed by atoms with van der Waals surface area (Å²) in [7, 11) is 0. The zero-order valence-electron chi connectivity index (χ0n) is 21.6. The van der Waals surface area contributed by atoms with Crippen LogP contribution >= 0.6 is 0 Å². The number of esters is 1. The largest absolute Gasteiger partial charge is 0.466 e. The van der Waals surface area contributed by atoms with Crippen molar-refractivity contribution in [2.75, 3.05) is 65.5 Å². The molecule has 3 saturated heterocycles. The Labute approximate surface area is 211 Å². The summed E-state index contributed by atoms with van der Waals surface area (Å²) in [6.07, 6.45) is 5.68. The van der Waals surface area contributed by atoms with Gasteiger partial charge >= 0.3 is 5.97 Å². The van der Waals surface area contributed by atoms with Gasteiger partial charge in [-0.25, -0.2) is 0 Å². The zero-order valence-corrected chi connectivity index (χ0v) is 21.6. The van der Waals surface area contributed by atoms with E-state index in [1.807, 2.05) is 6.92 Å². The Morgan fingerprint density at radius 3 is 2.17 bits per heavy atom. The van der Waals surface area contributed by atoms with Crippen LogP contribution in [0.1, 0.15) is 51.0 Å². The van der Waals surface area contributed by atoms with Gasteiger partial charge in [0, 0.05) is 51.1 Å². The average Bonchev–Trinajstić information content (AvgIpc) is 2.90. The van der Waals surface area contributed by atoms with Crippen molar-refractivity contribution in [3.8, 4) is 0 Å². The minimum Gasteiger partial charge on any atom is -0.466 e. The lowest BCUT2D eigenvalue weighted by Gasteiger charge is -2.43. The molecule has 1 aromatic rings. The number of amides is 1. The molecule has 3 heterocycles. The third kappa shape index (κ3) is 7.76. The molecule has 1 aromatic carbocycles. The fourth-order valence-electron chi connectivity index (χ4n) is 5.93. The van der Waals surface area contributed by atoms with Crippen LogP contribution in [0.25, 0.3) is 0 Å². The van der Waals surface area contributed by atoms with Gasteiger partial charge in [-0.15, -0.1) is 0 Å². The van der Waals surface area contributed by atoms with E-state index in [9.17, 15) is 9.59 Å². The molecule has 0 bridgehead atoms. The van der Waals surface area contributed by atoms with E-state index in [2.05, 4.69) is 49.9 Å². The van der Waals surface area contributed by atoms with Gasteiger partial charge in [0.25, 0.3) is 0 Å². The van der Waals surface area contributed by atoms with Crippen molar-refractivity contribution in [1.82, 2.24) is 19.6 Å². The Morgan fingerprint density at radius 1 is 0.857 bits per heavy atom. The molecule has 35 heavy (non-hydrogen) atoms. The number of piperidine rings is 2. The second-order valence-corrected chi connectivity index (χ2v) is 10.4. The first-order valence-electron chi connectivity index (χ1n) is 13.8. The molecular formula is C28H44N4O3.